The van der Waals surface area contributed by atoms with Crippen molar-refractivity contribution < 1.29 is 0 Å². The van der Waals surface area contributed by atoms with Crippen molar-refractivity contribution in [1.82, 2.24) is 9.88 Å². The largest absolute Gasteiger partial charge is 0.360 e. The molecule has 0 saturated heterocycles. The summed E-state index contributed by atoms with van der Waals surface area (Å²) in [6, 6.07) is 2.40. The first-order chi connectivity index (χ1) is 7.04. The zero-order chi connectivity index (χ0) is 11.4. The second kappa shape index (κ2) is 5.31. The summed E-state index contributed by atoms with van der Waals surface area (Å²) in [5.41, 5.74) is 0. The van der Waals surface area contributed by atoms with E-state index in [0.717, 1.165) is 6.54 Å². The molecule has 1 N–H and O–H groups in total. The molecule has 0 saturated carbocycles. The van der Waals surface area contributed by atoms with Gasteiger partial charge in [-0.2, -0.15) is 5.26 Å². The van der Waals surface area contributed by atoms with Crippen LogP contribution in [0, 0.1) is 11.3 Å². The number of anilines is 1. The van der Waals surface area contributed by atoms with Crippen LogP contribution in [0.4, 0.5) is 5.13 Å². The van der Waals surface area contributed by atoms with E-state index < -0.39 is 0 Å². The highest BCUT2D eigenvalue weighted by atomic mass is 35.5. The van der Waals surface area contributed by atoms with Crippen molar-refractivity contribution in [2.24, 2.45) is 0 Å². The molecular weight excluding hydrogens is 232 g/mol. The smallest absolute Gasteiger partial charge is 0.185 e. The van der Waals surface area contributed by atoms with E-state index in [0.29, 0.717) is 16.1 Å². The molecule has 0 aliphatic carbocycles. The van der Waals surface area contributed by atoms with Crippen molar-refractivity contribution in [3.63, 3.8) is 0 Å². The number of aromatic nitrogens is 1. The highest BCUT2D eigenvalue weighted by Gasteiger charge is 2.10. The molecule has 4 nitrogen and oxygen atoms in total. The van der Waals surface area contributed by atoms with Crippen molar-refractivity contribution in [2.45, 2.75) is 13.0 Å². The Kier molecular flexibility index (Phi) is 4.33. The molecule has 0 radical (unpaired) electrons. The molecule has 15 heavy (non-hydrogen) atoms. The lowest BCUT2D eigenvalue weighted by molar-refractivity contribution is 0.326. The summed E-state index contributed by atoms with van der Waals surface area (Å²) in [5, 5.41) is 12.8. The first kappa shape index (κ1) is 12.2. The lowest BCUT2D eigenvalue weighted by atomic mass is 10.3. The van der Waals surface area contributed by atoms with Crippen molar-refractivity contribution >= 4 is 28.1 Å². The van der Waals surface area contributed by atoms with E-state index in [1.165, 1.54) is 11.3 Å². The van der Waals surface area contributed by atoms with Gasteiger partial charge in [-0.25, -0.2) is 4.98 Å². The second-order valence-electron chi connectivity index (χ2n) is 3.44. The Morgan fingerprint density at radius 1 is 1.67 bits per heavy atom. The number of likely N-dealkylation sites (N-methyl/N-ethyl adjacent to an activating group) is 1. The minimum atomic E-state index is 0.280. The molecule has 0 bridgehead atoms. The van der Waals surface area contributed by atoms with Crippen LogP contribution < -0.4 is 5.32 Å². The fourth-order valence-corrected chi connectivity index (χ4v) is 1.82. The van der Waals surface area contributed by atoms with Crippen LogP contribution in [0.25, 0.3) is 0 Å². The minimum Gasteiger partial charge on any atom is -0.360 e. The fraction of sp³-hybridized carbons (Fsp3) is 0.556. The van der Waals surface area contributed by atoms with Gasteiger partial charge >= 0.3 is 0 Å². The van der Waals surface area contributed by atoms with Crippen molar-refractivity contribution in [3.05, 3.63) is 10.0 Å². The van der Waals surface area contributed by atoms with Gasteiger partial charge in [-0.05, 0) is 21.0 Å². The summed E-state index contributed by atoms with van der Waals surface area (Å²) in [6.45, 7) is 2.88. The minimum absolute atomic E-state index is 0.280. The number of rotatable bonds is 4. The number of nitrogens with one attached hydrogen (secondary N) is 1. The maximum atomic E-state index is 8.70. The first-order valence-corrected chi connectivity index (χ1v) is 5.70. The molecule has 1 rings (SSSR count). The summed E-state index contributed by atoms with van der Waals surface area (Å²) < 4.78 is 0. The Labute approximate surface area is 98.5 Å². The zero-order valence-electron chi connectivity index (χ0n) is 8.91. The average Bonchev–Trinajstić information content (AvgIpc) is 2.55. The van der Waals surface area contributed by atoms with Crippen LogP contribution >= 0.6 is 22.9 Å². The van der Waals surface area contributed by atoms with Crippen LogP contribution in [-0.4, -0.2) is 36.6 Å². The van der Waals surface area contributed by atoms with Gasteiger partial charge in [0, 0.05) is 12.6 Å². The lowest BCUT2D eigenvalue weighted by Crippen LogP contribution is -2.31. The van der Waals surface area contributed by atoms with Crippen LogP contribution in [0.3, 0.4) is 0 Å². The summed E-state index contributed by atoms with van der Waals surface area (Å²) >= 11 is 7.03. The van der Waals surface area contributed by atoms with Gasteiger partial charge in [0.1, 0.15) is 10.9 Å². The molecule has 1 heterocycles. The predicted molar refractivity (Wildman–Crippen MR) is 63.5 cm³/mol. The van der Waals surface area contributed by atoms with Crippen molar-refractivity contribution in [3.8, 4) is 6.07 Å². The van der Waals surface area contributed by atoms with E-state index in [9.17, 15) is 0 Å². The molecule has 1 unspecified atom stereocenters. The second-order valence-corrected chi connectivity index (χ2v) is 4.80. The van der Waals surface area contributed by atoms with E-state index in [4.69, 9.17) is 16.9 Å². The summed E-state index contributed by atoms with van der Waals surface area (Å²) in [4.78, 5) is 6.60. The van der Waals surface area contributed by atoms with E-state index in [2.05, 4.69) is 22.1 Å². The van der Waals surface area contributed by atoms with Gasteiger partial charge in [-0.3, -0.25) is 0 Å². The third-order valence-corrected chi connectivity index (χ3v) is 3.42. The summed E-state index contributed by atoms with van der Waals surface area (Å²) in [6.07, 6.45) is 0. The lowest BCUT2D eigenvalue weighted by Gasteiger charge is -2.19. The fourth-order valence-electron chi connectivity index (χ4n) is 0.864. The van der Waals surface area contributed by atoms with Gasteiger partial charge < -0.3 is 10.2 Å². The topological polar surface area (TPSA) is 52.0 Å². The molecule has 82 valence electrons. The Bertz CT molecular complexity index is 369. The van der Waals surface area contributed by atoms with Crippen molar-refractivity contribution in [2.75, 3.05) is 26.0 Å². The number of nitrogens with zero attached hydrogens (tertiary/aromatic N) is 3. The van der Waals surface area contributed by atoms with E-state index in [-0.39, 0.29) is 5.15 Å². The Morgan fingerprint density at radius 3 is 2.80 bits per heavy atom. The highest BCUT2D eigenvalue weighted by Crippen LogP contribution is 2.25. The van der Waals surface area contributed by atoms with Crippen LogP contribution in [0.2, 0.25) is 5.15 Å². The van der Waals surface area contributed by atoms with Gasteiger partial charge in [0.05, 0.1) is 0 Å². The maximum absolute atomic E-state index is 8.70. The highest BCUT2D eigenvalue weighted by molar-refractivity contribution is 7.16. The van der Waals surface area contributed by atoms with Crippen molar-refractivity contribution in [1.29, 1.82) is 5.26 Å². The van der Waals surface area contributed by atoms with Gasteiger partial charge in [0.25, 0.3) is 0 Å². The van der Waals surface area contributed by atoms with Crippen LogP contribution in [0.15, 0.2) is 0 Å². The number of hydrogen-bond acceptors (Lipinski definition) is 5. The molecule has 1 aromatic heterocycles. The SMILES string of the molecule is CC(CNc1nc(Cl)c(C#N)s1)N(C)C. The first-order valence-electron chi connectivity index (χ1n) is 4.51. The number of halogens is 1. The van der Waals surface area contributed by atoms with Crippen LogP contribution in [-0.2, 0) is 0 Å². The standard InChI is InChI=1S/C9H13ClN4S/c1-6(14(2)3)5-12-9-13-8(10)7(4-11)15-9/h6H,5H2,1-3H3,(H,12,13). The normalized spacial score (nSPS) is 12.5. The van der Waals surface area contributed by atoms with E-state index in [1.54, 1.807) is 0 Å². The Hall–Kier alpha value is -0.830. The van der Waals surface area contributed by atoms with Gasteiger partial charge in [-0.15, -0.1) is 0 Å². The third-order valence-electron chi connectivity index (χ3n) is 2.12. The summed E-state index contributed by atoms with van der Waals surface area (Å²) in [7, 11) is 4.03. The quantitative estimate of drug-likeness (QED) is 0.881. The molecule has 0 amide bonds. The molecule has 0 aliphatic rings. The van der Waals surface area contributed by atoms with Gasteiger partial charge in [-0.1, -0.05) is 22.9 Å². The predicted octanol–water partition coefficient (Wildman–Crippen LogP) is 2.03. The van der Waals surface area contributed by atoms with Crippen LogP contribution in [0.1, 0.15) is 11.8 Å². The molecule has 0 spiro atoms. The molecule has 0 aromatic carbocycles. The Balaban J connectivity index is 2.55. The zero-order valence-corrected chi connectivity index (χ0v) is 10.5. The number of nitriles is 1. The number of thiazole rings is 1. The van der Waals surface area contributed by atoms with E-state index in [1.807, 2.05) is 20.2 Å². The Morgan fingerprint density at radius 2 is 2.33 bits per heavy atom. The molecular formula is C9H13ClN4S. The van der Waals surface area contributed by atoms with Gasteiger partial charge in [0.15, 0.2) is 10.3 Å². The van der Waals surface area contributed by atoms with Crippen LogP contribution in [0.5, 0.6) is 0 Å². The van der Waals surface area contributed by atoms with E-state index >= 15 is 0 Å². The molecule has 0 fully saturated rings. The molecule has 1 aromatic rings. The monoisotopic (exact) mass is 244 g/mol. The molecule has 1 atom stereocenters. The molecule has 0 aliphatic heterocycles. The maximum Gasteiger partial charge on any atom is 0.185 e. The van der Waals surface area contributed by atoms with Gasteiger partial charge in [0.2, 0.25) is 0 Å². The summed E-state index contributed by atoms with van der Waals surface area (Å²) in [5.74, 6) is 0. The third kappa shape index (κ3) is 3.34. The average molecular weight is 245 g/mol. The number of hydrogen-bond donors (Lipinski definition) is 1. The molecule has 6 heteroatoms.